The van der Waals surface area contributed by atoms with Crippen molar-refractivity contribution in [3.05, 3.63) is 83.9 Å². The molecule has 0 fully saturated rings. The SMILES string of the molecule is CCN(CC)CC(=O)Nc1ccc2ccccc2c1Cc1c(OC)ccc2ccccc12. The molecule has 4 aromatic rings. The first-order valence-electron chi connectivity index (χ1n) is 11.2. The summed E-state index contributed by atoms with van der Waals surface area (Å²) in [6.45, 7) is 6.23. The highest BCUT2D eigenvalue weighted by Crippen LogP contribution is 2.35. The van der Waals surface area contributed by atoms with Crippen LogP contribution in [0.5, 0.6) is 5.75 Å². The summed E-state index contributed by atoms with van der Waals surface area (Å²) < 4.78 is 5.75. The van der Waals surface area contributed by atoms with E-state index in [1.807, 2.05) is 24.3 Å². The van der Waals surface area contributed by atoms with Gasteiger partial charge in [-0.3, -0.25) is 9.69 Å². The number of carbonyl (C=O) groups is 1. The fraction of sp³-hybridized carbons (Fsp3) is 0.250. The summed E-state index contributed by atoms with van der Waals surface area (Å²) in [6.07, 6.45) is 0.659. The molecule has 0 spiro atoms. The summed E-state index contributed by atoms with van der Waals surface area (Å²) in [5.74, 6) is 0.868. The molecular weight excluding hydrogens is 396 g/mol. The Morgan fingerprint density at radius 1 is 0.812 bits per heavy atom. The van der Waals surface area contributed by atoms with Crippen molar-refractivity contribution in [1.29, 1.82) is 0 Å². The van der Waals surface area contributed by atoms with E-state index in [2.05, 4.69) is 72.6 Å². The summed E-state index contributed by atoms with van der Waals surface area (Å²) in [5, 5.41) is 7.83. The zero-order valence-electron chi connectivity index (χ0n) is 19.0. The number of nitrogens with one attached hydrogen (secondary N) is 1. The molecule has 0 atom stereocenters. The molecule has 0 bridgehead atoms. The molecule has 4 nitrogen and oxygen atoms in total. The van der Waals surface area contributed by atoms with Crippen LogP contribution < -0.4 is 10.1 Å². The van der Waals surface area contributed by atoms with Crippen molar-refractivity contribution in [1.82, 2.24) is 4.90 Å². The molecule has 0 aromatic heterocycles. The Bertz CT molecular complexity index is 1240. The average molecular weight is 427 g/mol. The lowest BCUT2D eigenvalue weighted by molar-refractivity contribution is -0.117. The number of hydrogen-bond donors (Lipinski definition) is 1. The minimum absolute atomic E-state index is 0.00937. The largest absolute Gasteiger partial charge is 0.496 e. The predicted molar refractivity (Wildman–Crippen MR) is 134 cm³/mol. The first-order valence-corrected chi connectivity index (χ1v) is 11.2. The van der Waals surface area contributed by atoms with E-state index in [4.69, 9.17) is 4.74 Å². The Balaban J connectivity index is 1.81. The number of carbonyl (C=O) groups excluding carboxylic acids is 1. The van der Waals surface area contributed by atoms with Crippen molar-refractivity contribution < 1.29 is 9.53 Å². The highest BCUT2D eigenvalue weighted by atomic mass is 16.5. The molecule has 0 aliphatic rings. The Kier molecular flexibility index (Phi) is 6.72. The van der Waals surface area contributed by atoms with E-state index in [9.17, 15) is 4.79 Å². The third-order valence-electron chi connectivity index (χ3n) is 6.15. The Morgan fingerprint density at radius 2 is 1.41 bits per heavy atom. The lowest BCUT2D eigenvalue weighted by Gasteiger charge is -2.20. The van der Waals surface area contributed by atoms with Gasteiger partial charge in [-0.1, -0.05) is 74.5 Å². The van der Waals surface area contributed by atoms with E-state index < -0.39 is 0 Å². The molecule has 0 heterocycles. The van der Waals surface area contributed by atoms with Crippen molar-refractivity contribution in [3.63, 3.8) is 0 Å². The second-order valence-electron chi connectivity index (χ2n) is 7.97. The Morgan fingerprint density at radius 3 is 2.03 bits per heavy atom. The van der Waals surface area contributed by atoms with E-state index in [1.54, 1.807) is 7.11 Å². The van der Waals surface area contributed by atoms with Gasteiger partial charge in [-0.2, -0.15) is 0 Å². The standard InChI is InChI=1S/C28H30N2O2/c1-4-30(5-2)19-28(31)29-26-16-14-20-10-6-8-12-22(20)24(26)18-25-23-13-9-7-11-21(23)15-17-27(25)32-3/h6-17H,4-5,18-19H2,1-3H3,(H,29,31). The maximum atomic E-state index is 12.8. The van der Waals surface area contributed by atoms with Crippen LogP contribution in [-0.4, -0.2) is 37.6 Å². The number of anilines is 1. The van der Waals surface area contributed by atoms with Crippen LogP contribution in [0.3, 0.4) is 0 Å². The quantitative estimate of drug-likeness (QED) is 0.383. The number of methoxy groups -OCH3 is 1. The summed E-state index contributed by atoms with van der Waals surface area (Å²) in [5.41, 5.74) is 3.09. The zero-order valence-corrected chi connectivity index (χ0v) is 19.0. The number of ether oxygens (including phenoxy) is 1. The molecule has 4 rings (SSSR count). The highest BCUT2D eigenvalue weighted by molar-refractivity contribution is 5.99. The minimum atomic E-state index is 0.00937. The van der Waals surface area contributed by atoms with E-state index >= 15 is 0 Å². The average Bonchev–Trinajstić information content (AvgIpc) is 2.84. The maximum Gasteiger partial charge on any atom is 0.238 e. The number of hydrogen-bond acceptors (Lipinski definition) is 3. The minimum Gasteiger partial charge on any atom is -0.496 e. The van der Waals surface area contributed by atoms with Gasteiger partial charge in [0.15, 0.2) is 0 Å². The van der Waals surface area contributed by atoms with Crippen molar-refractivity contribution >= 4 is 33.1 Å². The molecule has 0 unspecified atom stereocenters. The molecule has 4 aromatic carbocycles. The number of amides is 1. The fourth-order valence-electron chi connectivity index (χ4n) is 4.35. The summed E-state index contributed by atoms with van der Waals surface area (Å²) >= 11 is 0. The van der Waals surface area contributed by atoms with Gasteiger partial charge in [0.05, 0.1) is 13.7 Å². The molecule has 0 saturated carbocycles. The second-order valence-corrected chi connectivity index (χ2v) is 7.97. The molecule has 1 amide bonds. The molecule has 0 aliphatic carbocycles. The van der Waals surface area contributed by atoms with E-state index in [1.165, 1.54) is 10.8 Å². The van der Waals surface area contributed by atoms with Gasteiger partial charge < -0.3 is 10.1 Å². The lowest BCUT2D eigenvalue weighted by Crippen LogP contribution is -2.33. The predicted octanol–water partition coefficient (Wildman–Crippen LogP) is 5.87. The molecule has 1 N–H and O–H groups in total. The third kappa shape index (κ3) is 4.46. The topological polar surface area (TPSA) is 41.6 Å². The molecular formula is C28H30N2O2. The monoisotopic (exact) mass is 426 g/mol. The van der Waals surface area contributed by atoms with Gasteiger partial charge in [-0.15, -0.1) is 0 Å². The van der Waals surface area contributed by atoms with Crippen LogP contribution in [0.4, 0.5) is 5.69 Å². The van der Waals surface area contributed by atoms with Gasteiger partial charge in [0, 0.05) is 17.7 Å². The molecule has 0 aliphatic heterocycles. The normalized spacial score (nSPS) is 11.2. The summed E-state index contributed by atoms with van der Waals surface area (Å²) in [6, 6.07) is 24.9. The molecule has 164 valence electrons. The van der Waals surface area contributed by atoms with E-state index in [-0.39, 0.29) is 5.91 Å². The molecule has 0 saturated heterocycles. The van der Waals surface area contributed by atoms with Crippen LogP contribution in [0.25, 0.3) is 21.5 Å². The van der Waals surface area contributed by atoms with Gasteiger partial charge >= 0.3 is 0 Å². The van der Waals surface area contributed by atoms with E-state index in [0.717, 1.165) is 46.4 Å². The smallest absolute Gasteiger partial charge is 0.238 e. The molecule has 32 heavy (non-hydrogen) atoms. The molecule has 4 heteroatoms. The summed E-state index contributed by atoms with van der Waals surface area (Å²) in [7, 11) is 1.71. The van der Waals surface area contributed by atoms with E-state index in [0.29, 0.717) is 13.0 Å². The Labute approximate surface area is 189 Å². The van der Waals surface area contributed by atoms with Crippen LogP contribution >= 0.6 is 0 Å². The highest BCUT2D eigenvalue weighted by Gasteiger charge is 2.16. The number of benzene rings is 4. The van der Waals surface area contributed by atoms with Gasteiger partial charge in [-0.25, -0.2) is 0 Å². The van der Waals surface area contributed by atoms with Crippen molar-refractivity contribution in [3.8, 4) is 5.75 Å². The third-order valence-corrected chi connectivity index (χ3v) is 6.15. The number of nitrogens with zero attached hydrogens (tertiary/aromatic N) is 1. The lowest BCUT2D eigenvalue weighted by atomic mass is 9.93. The van der Waals surface area contributed by atoms with Crippen molar-refractivity contribution in [2.75, 3.05) is 32.1 Å². The van der Waals surface area contributed by atoms with Crippen LogP contribution in [-0.2, 0) is 11.2 Å². The summed E-state index contributed by atoms with van der Waals surface area (Å²) in [4.78, 5) is 15.0. The first-order chi connectivity index (χ1) is 15.6. The number of fused-ring (bicyclic) bond motifs is 2. The second kappa shape index (κ2) is 9.84. The van der Waals surface area contributed by atoms with Crippen LogP contribution in [0.15, 0.2) is 72.8 Å². The maximum absolute atomic E-state index is 12.8. The zero-order chi connectivity index (χ0) is 22.5. The van der Waals surface area contributed by atoms with Crippen molar-refractivity contribution in [2.45, 2.75) is 20.3 Å². The van der Waals surface area contributed by atoms with Gasteiger partial charge in [-0.05, 0) is 52.3 Å². The van der Waals surface area contributed by atoms with Crippen LogP contribution in [0.2, 0.25) is 0 Å². The van der Waals surface area contributed by atoms with Crippen LogP contribution in [0, 0.1) is 0 Å². The number of rotatable bonds is 8. The Hall–Kier alpha value is -3.37. The fourth-order valence-corrected chi connectivity index (χ4v) is 4.35. The van der Waals surface area contributed by atoms with Gasteiger partial charge in [0.1, 0.15) is 5.75 Å². The van der Waals surface area contributed by atoms with Gasteiger partial charge in [0.2, 0.25) is 5.91 Å². The van der Waals surface area contributed by atoms with Crippen LogP contribution in [0.1, 0.15) is 25.0 Å². The van der Waals surface area contributed by atoms with Crippen molar-refractivity contribution in [2.24, 2.45) is 0 Å². The number of likely N-dealkylation sites (N-methyl/N-ethyl adjacent to an activating group) is 1. The first kappa shape index (κ1) is 21.8. The molecule has 0 radical (unpaired) electrons. The van der Waals surface area contributed by atoms with Gasteiger partial charge in [0.25, 0.3) is 0 Å².